The predicted octanol–water partition coefficient (Wildman–Crippen LogP) is 2.57. The molecule has 0 aliphatic rings. The highest BCUT2D eigenvalue weighted by Gasteiger charge is 2.11. The zero-order valence-corrected chi connectivity index (χ0v) is 16.7. The first-order valence-corrected chi connectivity index (χ1v) is 9.35. The smallest absolute Gasteiger partial charge is 0.272 e. The molecular formula is C22H22N4O4. The molecule has 0 fully saturated rings. The van der Waals surface area contributed by atoms with Gasteiger partial charge in [0.15, 0.2) is 18.1 Å². The van der Waals surface area contributed by atoms with Crippen LogP contribution in [0.4, 0.5) is 0 Å². The lowest BCUT2D eigenvalue weighted by molar-refractivity contribution is -0.119. The summed E-state index contributed by atoms with van der Waals surface area (Å²) in [5, 5.41) is 4.80. The lowest BCUT2D eigenvalue weighted by atomic mass is 10.1. The van der Waals surface area contributed by atoms with Gasteiger partial charge in [-0.25, -0.2) is 5.43 Å². The number of para-hydroxylation sites is 1. The van der Waals surface area contributed by atoms with Gasteiger partial charge in [-0.1, -0.05) is 18.2 Å². The zero-order valence-electron chi connectivity index (χ0n) is 16.7. The van der Waals surface area contributed by atoms with Crippen LogP contribution in [0.1, 0.15) is 28.5 Å². The van der Waals surface area contributed by atoms with Crippen LogP contribution in [0.3, 0.4) is 0 Å². The van der Waals surface area contributed by atoms with E-state index >= 15 is 0 Å². The van der Waals surface area contributed by atoms with Crippen molar-refractivity contribution in [3.05, 3.63) is 65.4 Å². The van der Waals surface area contributed by atoms with Crippen LogP contribution in [0, 0.1) is 6.92 Å². The molecule has 8 nitrogen and oxygen atoms in total. The number of nitrogens with two attached hydrogens (primary N) is 1. The molecule has 3 rings (SSSR count). The first kappa shape index (κ1) is 20.8. The van der Waals surface area contributed by atoms with Crippen LogP contribution in [0.5, 0.6) is 11.5 Å². The van der Waals surface area contributed by atoms with Crippen molar-refractivity contribution in [1.82, 2.24) is 10.4 Å². The van der Waals surface area contributed by atoms with E-state index in [-0.39, 0.29) is 12.5 Å². The molecule has 1 heterocycles. The summed E-state index contributed by atoms with van der Waals surface area (Å²) in [5.74, 6) is -0.0654. The standard InChI is InChI=1S/C22H22N4O4/c1-3-29-20-11-15(8-9-19(20)30-13-21(23)27)12-24-26-22(28)17-10-14(2)25-18-7-5-4-6-16(17)18/h4-12H,3,13H2,1-2H3,(H2,23,27)(H,26,28)/b24-12-. The number of amides is 2. The molecule has 0 saturated carbocycles. The average molecular weight is 406 g/mol. The summed E-state index contributed by atoms with van der Waals surface area (Å²) in [6.07, 6.45) is 1.49. The monoisotopic (exact) mass is 406 g/mol. The molecule has 0 aliphatic heterocycles. The second-order valence-electron chi connectivity index (χ2n) is 6.42. The first-order chi connectivity index (χ1) is 14.5. The Morgan fingerprint density at radius 3 is 2.70 bits per heavy atom. The Kier molecular flexibility index (Phi) is 6.59. The van der Waals surface area contributed by atoms with E-state index < -0.39 is 5.91 Å². The third-order valence-corrected chi connectivity index (χ3v) is 4.11. The molecule has 2 amide bonds. The van der Waals surface area contributed by atoms with E-state index in [0.717, 1.165) is 16.6 Å². The Balaban J connectivity index is 1.76. The van der Waals surface area contributed by atoms with Crippen molar-refractivity contribution in [1.29, 1.82) is 0 Å². The van der Waals surface area contributed by atoms with Crippen LogP contribution < -0.4 is 20.6 Å². The zero-order chi connectivity index (χ0) is 21.5. The number of nitrogens with zero attached hydrogens (tertiary/aromatic N) is 2. The number of carbonyl (C=O) groups excluding carboxylic acids is 2. The van der Waals surface area contributed by atoms with Crippen LogP contribution in [-0.4, -0.2) is 36.2 Å². The summed E-state index contributed by atoms with van der Waals surface area (Å²) >= 11 is 0. The molecule has 1 aromatic heterocycles. The summed E-state index contributed by atoms with van der Waals surface area (Å²) in [6, 6.07) is 14.2. The summed E-state index contributed by atoms with van der Waals surface area (Å²) < 4.78 is 10.9. The quantitative estimate of drug-likeness (QED) is 0.441. The number of ether oxygens (including phenoxy) is 2. The molecule has 3 N–H and O–H groups in total. The highest BCUT2D eigenvalue weighted by molar-refractivity contribution is 6.06. The molecule has 0 unspecified atom stereocenters. The second-order valence-corrected chi connectivity index (χ2v) is 6.42. The van der Waals surface area contributed by atoms with Crippen molar-refractivity contribution >= 4 is 28.9 Å². The molecule has 0 saturated heterocycles. The summed E-state index contributed by atoms with van der Waals surface area (Å²) in [6.45, 7) is 3.84. The molecule has 3 aromatic rings. The Hall–Kier alpha value is -3.94. The molecule has 0 bridgehead atoms. The normalized spacial score (nSPS) is 10.9. The topological polar surface area (TPSA) is 116 Å². The maximum atomic E-state index is 12.6. The van der Waals surface area contributed by atoms with Gasteiger partial charge in [-0.3, -0.25) is 14.6 Å². The van der Waals surface area contributed by atoms with Crippen molar-refractivity contribution in [3.8, 4) is 11.5 Å². The summed E-state index contributed by atoms with van der Waals surface area (Å²) in [5.41, 5.74) is 10.3. The van der Waals surface area contributed by atoms with Crippen LogP contribution in [0.25, 0.3) is 10.9 Å². The Morgan fingerprint density at radius 1 is 1.13 bits per heavy atom. The minimum absolute atomic E-state index is 0.247. The molecule has 0 aliphatic carbocycles. The van der Waals surface area contributed by atoms with Gasteiger partial charge in [-0.2, -0.15) is 5.10 Å². The van der Waals surface area contributed by atoms with Crippen molar-refractivity contribution in [2.45, 2.75) is 13.8 Å². The van der Waals surface area contributed by atoms with Gasteiger partial charge in [0.2, 0.25) is 0 Å². The van der Waals surface area contributed by atoms with Gasteiger partial charge in [0, 0.05) is 11.1 Å². The van der Waals surface area contributed by atoms with Gasteiger partial charge in [-0.15, -0.1) is 0 Å². The number of aromatic nitrogens is 1. The lowest BCUT2D eigenvalue weighted by Crippen LogP contribution is -2.20. The Bertz CT molecular complexity index is 1110. The number of benzene rings is 2. The van der Waals surface area contributed by atoms with E-state index in [9.17, 15) is 9.59 Å². The number of pyridine rings is 1. The number of rotatable bonds is 8. The third kappa shape index (κ3) is 5.11. The largest absolute Gasteiger partial charge is 0.490 e. The number of primary amides is 1. The van der Waals surface area contributed by atoms with Crippen molar-refractivity contribution < 1.29 is 19.1 Å². The Labute approximate surface area is 173 Å². The molecular weight excluding hydrogens is 384 g/mol. The van der Waals surface area contributed by atoms with Gasteiger partial charge >= 0.3 is 0 Å². The minimum atomic E-state index is -0.579. The molecule has 30 heavy (non-hydrogen) atoms. The Morgan fingerprint density at radius 2 is 1.93 bits per heavy atom. The number of hydrazone groups is 1. The highest BCUT2D eigenvalue weighted by Crippen LogP contribution is 2.28. The van der Waals surface area contributed by atoms with E-state index in [0.29, 0.717) is 29.2 Å². The fourth-order valence-corrected chi connectivity index (χ4v) is 2.86. The van der Waals surface area contributed by atoms with E-state index in [4.69, 9.17) is 15.2 Å². The molecule has 0 radical (unpaired) electrons. The maximum absolute atomic E-state index is 12.6. The van der Waals surface area contributed by atoms with Gasteiger partial charge in [0.05, 0.1) is 23.9 Å². The number of fused-ring (bicyclic) bond motifs is 1. The highest BCUT2D eigenvalue weighted by atomic mass is 16.5. The van der Waals surface area contributed by atoms with Gasteiger partial charge in [-0.05, 0) is 49.7 Å². The third-order valence-electron chi connectivity index (χ3n) is 4.11. The summed E-state index contributed by atoms with van der Waals surface area (Å²) in [7, 11) is 0. The fourth-order valence-electron chi connectivity index (χ4n) is 2.86. The van der Waals surface area contributed by atoms with Crippen molar-refractivity contribution in [2.75, 3.05) is 13.2 Å². The van der Waals surface area contributed by atoms with Crippen LogP contribution in [0.2, 0.25) is 0 Å². The fraction of sp³-hybridized carbons (Fsp3) is 0.182. The molecule has 0 spiro atoms. The number of aryl methyl sites for hydroxylation is 1. The second kappa shape index (κ2) is 9.51. The van der Waals surface area contributed by atoms with Gasteiger partial charge < -0.3 is 15.2 Å². The predicted molar refractivity (Wildman–Crippen MR) is 114 cm³/mol. The van der Waals surface area contributed by atoms with Crippen LogP contribution >= 0.6 is 0 Å². The van der Waals surface area contributed by atoms with Crippen molar-refractivity contribution in [3.63, 3.8) is 0 Å². The lowest BCUT2D eigenvalue weighted by Gasteiger charge is -2.11. The van der Waals surface area contributed by atoms with Crippen molar-refractivity contribution in [2.24, 2.45) is 10.8 Å². The van der Waals surface area contributed by atoms with Crippen LogP contribution in [0.15, 0.2) is 53.6 Å². The molecule has 2 aromatic carbocycles. The average Bonchev–Trinajstić information content (AvgIpc) is 2.72. The number of hydrogen-bond acceptors (Lipinski definition) is 6. The number of hydrogen-bond donors (Lipinski definition) is 2. The summed E-state index contributed by atoms with van der Waals surface area (Å²) in [4.78, 5) is 28.0. The molecule has 154 valence electrons. The van der Waals surface area contributed by atoms with E-state index in [1.807, 2.05) is 38.1 Å². The van der Waals surface area contributed by atoms with Gasteiger partial charge in [0.1, 0.15) is 0 Å². The minimum Gasteiger partial charge on any atom is -0.490 e. The van der Waals surface area contributed by atoms with Gasteiger partial charge in [0.25, 0.3) is 11.8 Å². The molecule has 0 atom stereocenters. The first-order valence-electron chi connectivity index (χ1n) is 9.35. The van der Waals surface area contributed by atoms with Crippen LogP contribution in [-0.2, 0) is 4.79 Å². The van der Waals surface area contributed by atoms with E-state index in [2.05, 4.69) is 15.5 Å². The molecule has 8 heteroatoms. The van der Waals surface area contributed by atoms with E-state index in [1.54, 1.807) is 24.3 Å². The number of nitrogens with one attached hydrogen (secondary N) is 1. The van der Waals surface area contributed by atoms with E-state index in [1.165, 1.54) is 6.21 Å². The SMILES string of the molecule is CCOc1cc(/C=N\NC(=O)c2cc(C)nc3ccccc23)ccc1OCC(N)=O. The number of carbonyl (C=O) groups is 2. The maximum Gasteiger partial charge on any atom is 0.272 e.